The fraction of sp³-hybridized carbons (Fsp3) is 0.125. The Morgan fingerprint density at radius 2 is 1.16 bits per heavy atom. The van der Waals surface area contributed by atoms with Crippen molar-refractivity contribution in [3.63, 3.8) is 0 Å². The average Bonchev–Trinajstić information content (AvgIpc) is 2.49. The molecule has 0 fully saturated rings. The molecule has 2 aromatic rings. The summed E-state index contributed by atoms with van der Waals surface area (Å²) in [6.07, 6.45) is 0. The fourth-order valence-corrected chi connectivity index (χ4v) is 3.78. The second kappa shape index (κ2) is 6.76. The Morgan fingerprint density at radius 1 is 0.789 bits per heavy atom. The van der Waals surface area contributed by atoms with Gasteiger partial charge in [-0.2, -0.15) is 0 Å². The molecule has 0 radical (unpaired) electrons. The van der Waals surface area contributed by atoms with Gasteiger partial charge >= 0.3 is 130 Å². The number of methoxy groups -OCH3 is 2. The summed E-state index contributed by atoms with van der Waals surface area (Å²) < 4.78 is 12.7. The number of rotatable bonds is 4. The van der Waals surface area contributed by atoms with Crippen molar-refractivity contribution in [2.75, 3.05) is 14.2 Å². The van der Waals surface area contributed by atoms with Gasteiger partial charge in [0.2, 0.25) is 0 Å². The fourth-order valence-electron chi connectivity index (χ4n) is 1.94. The summed E-state index contributed by atoms with van der Waals surface area (Å²) in [5, 5.41) is 0. The van der Waals surface area contributed by atoms with Crippen molar-refractivity contribution in [3.8, 4) is 11.5 Å². The van der Waals surface area contributed by atoms with E-state index < -0.39 is 0 Å². The van der Waals surface area contributed by atoms with Gasteiger partial charge in [-0.15, -0.1) is 0 Å². The monoisotopic (exact) mass is 441 g/mol. The molecule has 0 aliphatic heterocycles. The van der Waals surface area contributed by atoms with Crippen LogP contribution in [-0.4, -0.2) is 14.2 Å². The van der Waals surface area contributed by atoms with Gasteiger partial charge in [0, 0.05) is 0 Å². The van der Waals surface area contributed by atoms with E-state index in [9.17, 15) is 0 Å². The van der Waals surface area contributed by atoms with Crippen LogP contribution in [0.5, 0.6) is 11.5 Å². The SMILES string of the molecule is COc1ccc(C(=[CH][Hg])c2ccc(OC)cc2)cc1. The van der Waals surface area contributed by atoms with Gasteiger partial charge in [0.15, 0.2) is 0 Å². The molecule has 3 heteroatoms. The molecule has 0 saturated heterocycles. The topological polar surface area (TPSA) is 18.5 Å². The number of hydrogen-bond donors (Lipinski definition) is 0. The minimum absolute atomic E-state index is 0.603. The molecule has 19 heavy (non-hydrogen) atoms. The molecule has 0 aliphatic carbocycles. The molecule has 0 bridgehead atoms. The van der Waals surface area contributed by atoms with Crippen molar-refractivity contribution >= 4 is 5.57 Å². The van der Waals surface area contributed by atoms with Crippen LogP contribution < -0.4 is 9.47 Å². The van der Waals surface area contributed by atoms with E-state index in [2.05, 4.69) is 27.9 Å². The van der Waals surface area contributed by atoms with Gasteiger partial charge < -0.3 is 0 Å². The summed E-state index contributed by atoms with van der Waals surface area (Å²) in [6, 6.07) is 16.4. The van der Waals surface area contributed by atoms with Gasteiger partial charge in [0.05, 0.1) is 0 Å². The minimum atomic E-state index is 0.603. The van der Waals surface area contributed by atoms with Crippen LogP contribution in [-0.2, 0) is 26.1 Å². The molecular weight excluding hydrogens is 425 g/mol. The van der Waals surface area contributed by atoms with Crippen LogP contribution in [0.25, 0.3) is 5.57 Å². The Balaban J connectivity index is 2.32. The molecule has 2 rings (SSSR count). The molecule has 0 saturated carbocycles. The predicted molar refractivity (Wildman–Crippen MR) is 73.1 cm³/mol. The van der Waals surface area contributed by atoms with Crippen molar-refractivity contribution in [1.82, 2.24) is 0 Å². The summed E-state index contributed by atoms with van der Waals surface area (Å²) in [5.74, 6) is 1.77. The molecule has 2 nitrogen and oxygen atoms in total. The molecule has 0 heterocycles. The molecule has 0 spiro atoms. The molecular formula is C16H15HgO2. The quantitative estimate of drug-likeness (QED) is 0.677. The van der Waals surface area contributed by atoms with Gasteiger partial charge in [-0.05, 0) is 0 Å². The second-order valence-electron chi connectivity index (χ2n) is 4.07. The van der Waals surface area contributed by atoms with E-state index >= 15 is 0 Å². The molecule has 0 N–H and O–H groups in total. The third-order valence-corrected chi connectivity index (χ3v) is 4.59. The van der Waals surface area contributed by atoms with E-state index in [0.29, 0.717) is 26.1 Å². The zero-order valence-corrected chi connectivity index (χ0v) is 16.7. The van der Waals surface area contributed by atoms with E-state index in [1.54, 1.807) is 14.2 Å². The van der Waals surface area contributed by atoms with E-state index in [0.717, 1.165) is 11.5 Å². The summed E-state index contributed by atoms with van der Waals surface area (Å²) in [6.45, 7) is 0. The Kier molecular flexibility index (Phi) is 5.03. The predicted octanol–water partition coefficient (Wildman–Crippen LogP) is 3.64. The molecule has 0 aromatic heterocycles. The third kappa shape index (κ3) is 3.38. The average molecular weight is 440 g/mol. The molecule has 0 unspecified atom stereocenters. The summed E-state index contributed by atoms with van der Waals surface area (Å²) in [7, 11) is 3.37. The van der Waals surface area contributed by atoms with E-state index in [1.807, 2.05) is 24.3 Å². The first kappa shape index (κ1) is 14.1. The molecule has 2 aromatic carbocycles. The first-order chi connectivity index (χ1) is 9.28. The molecule has 0 atom stereocenters. The van der Waals surface area contributed by atoms with E-state index in [4.69, 9.17) is 9.47 Å². The van der Waals surface area contributed by atoms with Gasteiger partial charge in [-0.1, -0.05) is 0 Å². The van der Waals surface area contributed by atoms with Crippen molar-refractivity contribution in [2.24, 2.45) is 0 Å². The second-order valence-corrected chi connectivity index (χ2v) is 5.66. The maximum atomic E-state index is 5.19. The standard InChI is InChI=1S/C16H15O2.Hg/c1-12(13-4-8-15(17-2)9-5-13)14-6-10-16(18-3)11-7-14;/h1,4-11H,2-3H3;. The Morgan fingerprint density at radius 3 is 1.42 bits per heavy atom. The first-order valence-corrected chi connectivity index (χ1v) is 9.24. The van der Waals surface area contributed by atoms with Gasteiger partial charge in [-0.3, -0.25) is 0 Å². The van der Waals surface area contributed by atoms with Crippen LogP contribution in [0.3, 0.4) is 0 Å². The number of hydrogen-bond acceptors (Lipinski definition) is 2. The Hall–Kier alpha value is -1.28. The maximum absolute atomic E-state index is 5.19. The summed E-state index contributed by atoms with van der Waals surface area (Å²) in [4.78, 5) is 0. The van der Waals surface area contributed by atoms with Gasteiger partial charge in [-0.25, -0.2) is 0 Å². The number of ether oxygens (including phenoxy) is 2. The Bertz CT molecular complexity index is 507. The first-order valence-electron chi connectivity index (χ1n) is 6.06. The Labute approximate surface area is 130 Å². The summed E-state index contributed by atoms with van der Waals surface area (Å²) >= 11 is 0.603. The van der Waals surface area contributed by atoms with Crippen molar-refractivity contribution < 1.29 is 35.6 Å². The van der Waals surface area contributed by atoms with Crippen LogP contribution in [0.4, 0.5) is 0 Å². The van der Waals surface area contributed by atoms with E-state index in [1.165, 1.54) is 16.7 Å². The van der Waals surface area contributed by atoms with Crippen LogP contribution in [0.2, 0.25) is 0 Å². The molecule has 93 valence electrons. The summed E-state index contributed by atoms with van der Waals surface area (Å²) in [5.41, 5.74) is 3.73. The zero-order valence-electron chi connectivity index (χ0n) is 11.2. The van der Waals surface area contributed by atoms with Crippen molar-refractivity contribution in [1.29, 1.82) is 0 Å². The van der Waals surface area contributed by atoms with Crippen molar-refractivity contribution in [2.45, 2.75) is 0 Å². The van der Waals surface area contributed by atoms with E-state index in [-0.39, 0.29) is 0 Å². The molecule has 0 aliphatic rings. The van der Waals surface area contributed by atoms with Crippen molar-refractivity contribution in [3.05, 3.63) is 63.2 Å². The van der Waals surface area contributed by atoms with Crippen LogP contribution in [0, 0.1) is 0 Å². The third-order valence-electron chi connectivity index (χ3n) is 3.01. The number of benzene rings is 2. The normalized spacial score (nSPS) is 9.89. The van der Waals surface area contributed by atoms with Crippen LogP contribution in [0.15, 0.2) is 52.1 Å². The van der Waals surface area contributed by atoms with Crippen LogP contribution >= 0.6 is 0 Å². The zero-order chi connectivity index (χ0) is 13.7. The molecule has 0 amide bonds. The van der Waals surface area contributed by atoms with Crippen LogP contribution in [0.1, 0.15) is 11.1 Å². The van der Waals surface area contributed by atoms with Gasteiger partial charge in [0.25, 0.3) is 0 Å². The van der Waals surface area contributed by atoms with Gasteiger partial charge in [0.1, 0.15) is 0 Å².